The molecule has 0 N–H and O–H groups in total. The van der Waals surface area contributed by atoms with Crippen LogP contribution >= 0.6 is 0 Å². The summed E-state index contributed by atoms with van der Waals surface area (Å²) in [7, 11) is 0. The van der Waals surface area contributed by atoms with Crippen LogP contribution in [0.2, 0.25) is 0 Å². The minimum Gasteiger partial charge on any atom is -0.0808 e. The molecular formula is C10H12. The molecule has 0 saturated heterocycles. The lowest BCUT2D eigenvalue weighted by Gasteiger charge is -2.40. The van der Waals surface area contributed by atoms with Gasteiger partial charge in [0.15, 0.2) is 0 Å². The van der Waals surface area contributed by atoms with Crippen molar-refractivity contribution in [2.45, 2.75) is 12.8 Å². The maximum atomic E-state index is 2.42. The van der Waals surface area contributed by atoms with Crippen molar-refractivity contribution in [2.24, 2.45) is 23.7 Å². The summed E-state index contributed by atoms with van der Waals surface area (Å²) >= 11 is 0. The van der Waals surface area contributed by atoms with Crippen LogP contribution in [0, 0.1) is 23.7 Å². The van der Waals surface area contributed by atoms with Crippen molar-refractivity contribution in [3.63, 3.8) is 0 Å². The smallest absolute Gasteiger partial charge is 0.0162 e. The van der Waals surface area contributed by atoms with E-state index >= 15 is 0 Å². The molecule has 0 aliphatic heterocycles. The molecule has 5 rings (SSSR count). The molecule has 0 heteroatoms. The fourth-order valence-electron chi connectivity index (χ4n) is 3.11. The SMILES string of the molecule is C1=CC2C3CCC2C3C=C1. The number of fused-ring (bicyclic) bond motifs is 2. The number of rotatable bonds is 0. The van der Waals surface area contributed by atoms with E-state index in [0.29, 0.717) is 0 Å². The van der Waals surface area contributed by atoms with E-state index in [1.54, 1.807) is 0 Å². The zero-order valence-electron chi connectivity index (χ0n) is 6.03. The third-order valence-corrected chi connectivity index (χ3v) is 3.59. The van der Waals surface area contributed by atoms with E-state index in [1.807, 2.05) is 0 Å². The van der Waals surface area contributed by atoms with Gasteiger partial charge in [-0.05, 0) is 36.5 Å². The minimum absolute atomic E-state index is 0.972. The molecule has 5 aliphatic rings. The largest absolute Gasteiger partial charge is 0.0808 e. The van der Waals surface area contributed by atoms with Gasteiger partial charge in [-0.15, -0.1) is 0 Å². The van der Waals surface area contributed by atoms with Crippen LogP contribution in [0.15, 0.2) is 24.3 Å². The van der Waals surface area contributed by atoms with Gasteiger partial charge in [0.1, 0.15) is 0 Å². The normalized spacial score (nSPS) is 54.4. The lowest BCUT2D eigenvalue weighted by Crippen LogP contribution is -2.35. The van der Waals surface area contributed by atoms with Crippen molar-refractivity contribution in [1.29, 1.82) is 0 Å². The van der Waals surface area contributed by atoms with E-state index in [-0.39, 0.29) is 0 Å². The Morgan fingerprint density at radius 2 is 1.30 bits per heavy atom. The molecule has 52 valence electrons. The molecule has 4 bridgehead atoms. The fourth-order valence-corrected chi connectivity index (χ4v) is 3.11. The highest BCUT2D eigenvalue weighted by Gasteiger charge is 2.52. The number of hydrogen-bond acceptors (Lipinski definition) is 0. The van der Waals surface area contributed by atoms with Gasteiger partial charge in [0.25, 0.3) is 0 Å². The molecule has 0 heterocycles. The Morgan fingerprint density at radius 1 is 0.800 bits per heavy atom. The average molecular weight is 132 g/mol. The van der Waals surface area contributed by atoms with Crippen LogP contribution in [0.3, 0.4) is 0 Å². The molecule has 0 atom stereocenters. The standard InChI is InChI=1S/C10H12/c1-2-4-8-9-5-6-10(8)7(9)3-1/h1-4,7-10H,5-6H2. The second-order valence-electron chi connectivity index (χ2n) is 3.83. The highest BCUT2D eigenvalue weighted by Crippen LogP contribution is 2.59. The molecule has 3 fully saturated rings. The predicted octanol–water partition coefficient (Wildman–Crippen LogP) is 2.38. The number of hydrogen-bond donors (Lipinski definition) is 0. The molecule has 5 aliphatic carbocycles. The van der Waals surface area contributed by atoms with Gasteiger partial charge in [0, 0.05) is 0 Å². The van der Waals surface area contributed by atoms with Crippen LogP contribution < -0.4 is 0 Å². The van der Waals surface area contributed by atoms with E-state index in [1.165, 1.54) is 12.8 Å². The maximum Gasteiger partial charge on any atom is -0.0162 e. The lowest BCUT2D eigenvalue weighted by atomic mass is 9.64. The summed E-state index contributed by atoms with van der Waals surface area (Å²) in [4.78, 5) is 0. The first-order valence-corrected chi connectivity index (χ1v) is 4.32. The lowest BCUT2D eigenvalue weighted by molar-refractivity contribution is 0.133. The Kier molecular flexibility index (Phi) is 0.803. The van der Waals surface area contributed by atoms with Crippen LogP contribution in [0.4, 0.5) is 0 Å². The highest BCUT2D eigenvalue weighted by atomic mass is 14.6. The molecule has 0 aromatic carbocycles. The fraction of sp³-hybridized carbons (Fsp3) is 0.600. The topological polar surface area (TPSA) is 0 Å². The summed E-state index contributed by atoms with van der Waals surface area (Å²) in [6, 6.07) is 0. The van der Waals surface area contributed by atoms with Crippen LogP contribution in [-0.2, 0) is 0 Å². The Labute approximate surface area is 61.6 Å². The van der Waals surface area contributed by atoms with E-state index in [0.717, 1.165) is 23.7 Å². The van der Waals surface area contributed by atoms with Gasteiger partial charge in [0.2, 0.25) is 0 Å². The van der Waals surface area contributed by atoms with Gasteiger partial charge in [0.05, 0.1) is 0 Å². The van der Waals surface area contributed by atoms with Crippen molar-refractivity contribution in [3.05, 3.63) is 24.3 Å². The third-order valence-electron chi connectivity index (χ3n) is 3.59. The van der Waals surface area contributed by atoms with Crippen molar-refractivity contribution < 1.29 is 0 Å². The summed E-state index contributed by atoms with van der Waals surface area (Å²) < 4.78 is 0. The van der Waals surface area contributed by atoms with Crippen molar-refractivity contribution in [3.8, 4) is 0 Å². The van der Waals surface area contributed by atoms with Gasteiger partial charge in [-0.2, -0.15) is 0 Å². The van der Waals surface area contributed by atoms with Crippen LogP contribution in [0.5, 0.6) is 0 Å². The zero-order valence-corrected chi connectivity index (χ0v) is 6.03. The molecule has 0 amide bonds. The first-order chi connectivity index (χ1) is 4.97. The average Bonchev–Trinajstić information content (AvgIpc) is 2.41. The van der Waals surface area contributed by atoms with Crippen molar-refractivity contribution >= 4 is 0 Å². The Bertz CT molecular complexity index is 180. The van der Waals surface area contributed by atoms with E-state index < -0.39 is 0 Å². The molecule has 0 aromatic rings. The monoisotopic (exact) mass is 132 g/mol. The quantitative estimate of drug-likeness (QED) is 0.474. The molecule has 3 saturated carbocycles. The summed E-state index contributed by atoms with van der Waals surface area (Å²) in [6.45, 7) is 0. The van der Waals surface area contributed by atoms with Gasteiger partial charge in [-0.1, -0.05) is 24.3 Å². The molecule has 0 unspecified atom stereocenters. The zero-order chi connectivity index (χ0) is 6.55. The Morgan fingerprint density at radius 3 is 1.80 bits per heavy atom. The first kappa shape index (κ1) is 5.17. The summed E-state index contributed by atoms with van der Waals surface area (Å²) in [6.07, 6.45) is 12.3. The second-order valence-corrected chi connectivity index (χ2v) is 3.83. The molecule has 0 aromatic heterocycles. The third kappa shape index (κ3) is 0.416. The van der Waals surface area contributed by atoms with E-state index in [2.05, 4.69) is 24.3 Å². The van der Waals surface area contributed by atoms with Gasteiger partial charge in [-0.25, -0.2) is 0 Å². The van der Waals surface area contributed by atoms with Gasteiger partial charge >= 0.3 is 0 Å². The van der Waals surface area contributed by atoms with E-state index in [4.69, 9.17) is 0 Å². The summed E-state index contributed by atoms with van der Waals surface area (Å²) in [5.41, 5.74) is 0. The molecular weight excluding hydrogens is 120 g/mol. The van der Waals surface area contributed by atoms with Gasteiger partial charge < -0.3 is 0 Å². The number of allylic oxidation sites excluding steroid dienone is 4. The molecule has 0 spiro atoms. The minimum atomic E-state index is 0.972. The maximum absolute atomic E-state index is 2.42. The van der Waals surface area contributed by atoms with Crippen molar-refractivity contribution in [1.82, 2.24) is 0 Å². The van der Waals surface area contributed by atoms with Crippen LogP contribution in [0.1, 0.15) is 12.8 Å². The van der Waals surface area contributed by atoms with Gasteiger partial charge in [-0.3, -0.25) is 0 Å². The molecule has 10 heavy (non-hydrogen) atoms. The molecule has 0 radical (unpaired) electrons. The van der Waals surface area contributed by atoms with E-state index in [9.17, 15) is 0 Å². The summed E-state index contributed by atoms with van der Waals surface area (Å²) in [5.74, 6) is 4.03. The second kappa shape index (κ2) is 1.55. The molecule has 0 nitrogen and oxygen atoms in total. The summed E-state index contributed by atoms with van der Waals surface area (Å²) in [5, 5.41) is 0. The van der Waals surface area contributed by atoms with Crippen LogP contribution in [-0.4, -0.2) is 0 Å². The Balaban J connectivity index is 2.06. The highest BCUT2D eigenvalue weighted by molar-refractivity contribution is 5.23. The first-order valence-electron chi connectivity index (χ1n) is 4.32. The van der Waals surface area contributed by atoms with Crippen LogP contribution in [0.25, 0.3) is 0 Å². The predicted molar refractivity (Wildman–Crippen MR) is 41.5 cm³/mol. The Hall–Kier alpha value is -0.520. The van der Waals surface area contributed by atoms with Crippen molar-refractivity contribution in [2.75, 3.05) is 0 Å².